The van der Waals surface area contributed by atoms with Gasteiger partial charge in [-0.25, -0.2) is 18.6 Å². The monoisotopic (exact) mass is 446 g/mol. The van der Waals surface area contributed by atoms with E-state index < -0.39 is 36.2 Å². The Labute approximate surface area is 183 Å². The molecule has 0 spiro atoms. The van der Waals surface area contributed by atoms with Crippen LogP contribution in [-0.2, 0) is 9.53 Å². The summed E-state index contributed by atoms with van der Waals surface area (Å²) >= 11 is 0. The number of H-pyrrole nitrogens is 1. The zero-order valence-corrected chi connectivity index (χ0v) is 17.5. The number of amides is 1. The Balaban J connectivity index is 1.39. The van der Waals surface area contributed by atoms with Gasteiger partial charge in [0.1, 0.15) is 11.9 Å². The summed E-state index contributed by atoms with van der Waals surface area (Å²) < 4.78 is 34.3. The average Bonchev–Trinajstić information content (AvgIpc) is 3.58. The van der Waals surface area contributed by atoms with Crippen LogP contribution in [0.1, 0.15) is 48.0 Å². The van der Waals surface area contributed by atoms with Crippen molar-refractivity contribution in [2.75, 3.05) is 18.4 Å². The number of likely N-dealkylation sites (tertiary alicyclic amines) is 1. The number of hydrogen-bond donors (Lipinski definition) is 2. The number of carbonyl (C=O) groups is 2. The average molecular weight is 446 g/mol. The molecule has 8 nitrogen and oxygen atoms in total. The minimum Gasteiger partial charge on any atom is -0.459 e. The third-order valence-corrected chi connectivity index (χ3v) is 5.85. The van der Waals surface area contributed by atoms with Crippen LogP contribution in [0.5, 0.6) is 0 Å². The van der Waals surface area contributed by atoms with E-state index in [0.29, 0.717) is 11.1 Å². The van der Waals surface area contributed by atoms with Crippen LogP contribution in [-0.4, -0.2) is 57.9 Å². The normalized spacial score (nSPS) is 21.5. The van der Waals surface area contributed by atoms with Crippen LogP contribution in [0, 0.1) is 0 Å². The highest BCUT2D eigenvalue weighted by Crippen LogP contribution is 2.40. The molecule has 10 heteroatoms. The van der Waals surface area contributed by atoms with Gasteiger partial charge in [-0.15, -0.1) is 0 Å². The van der Waals surface area contributed by atoms with E-state index in [9.17, 15) is 23.2 Å². The van der Waals surface area contributed by atoms with Gasteiger partial charge in [-0.1, -0.05) is 6.07 Å². The first kappa shape index (κ1) is 22.1. The second-order valence-electron chi connectivity index (χ2n) is 8.25. The van der Waals surface area contributed by atoms with Crippen LogP contribution in [0.3, 0.4) is 0 Å². The smallest absolute Gasteiger partial charge is 0.339 e. The number of alkyl halides is 2. The Hall–Kier alpha value is -3.14. The molecule has 32 heavy (non-hydrogen) atoms. The molecule has 3 heterocycles. The van der Waals surface area contributed by atoms with Crippen molar-refractivity contribution in [1.82, 2.24) is 14.9 Å². The molecule has 1 aliphatic carbocycles. The van der Waals surface area contributed by atoms with Crippen molar-refractivity contribution in [3.8, 4) is 0 Å². The van der Waals surface area contributed by atoms with E-state index in [0.717, 1.165) is 12.8 Å². The van der Waals surface area contributed by atoms with Gasteiger partial charge in [0.2, 0.25) is 11.5 Å². The quantitative estimate of drug-likeness (QED) is 0.661. The largest absolute Gasteiger partial charge is 0.459 e. The molecule has 2 aromatic rings. The third kappa shape index (κ3) is 5.01. The van der Waals surface area contributed by atoms with E-state index in [1.165, 1.54) is 36.7 Å². The van der Waals surface area contributed by atoms with Gasteiger partial charge in [0.15, 0.2) is 0 Å². The molecule has 1 amide bonds. The van der Waals surface area contributed by atoms with Crippen LogP contribution in [0.2, 0.25) is 0 Å². The molecule has 1 saturated carbocycles. The Morgan fingerprint density at radius 3 is 2.69 bits per heavy atom. The topological polar surface area (TPSA) is 104 Å². The number of rotatable bonds is 6. The van der Waals surface area contributed by atoms with Crippen molar-refractivity contribution in [3.05, 3.63) is 58.1 Å². The molecule has 0 bridgehead atoms. The summed E-state index contributed by atoms with van der Waals surface area (Å²) in [5.74, 6) is -4.68. The van der Waals surface area contributed by atoms with Gasteiger partial charge < -0.3 is 15.0 Å². The Morgan fingerprint density at radius 2 is 2.06 bits per heavy atom. The zero-order valence-electron chi connectivity index (χ0n) is 17.5. The number of carbonyl (C=O) groups excluding carboxylic acids is 2. The van der Waals surface area contributed by atoms with Gasteiger partial charge in [0, 0.05) is 38.0 Å². The Bertz CT molecular complexity index is 1030. The number of anilines is 1. The summed E-state index contributed by atoms with van der Waals surface area (Å²) in [6.07, 6.45) is 3.96. The predicted molar refractivity (Wildman–Crippen MR) is 112 cm³/mol. The first-order valence-corrected chi connectivity index (χ1v) is 10.5. The minimum absolute atomic E-state index is 0.0143. The number of aromatic amines is 1. The summed E-state index contributed by atoms with van der Waals surface area (Å²) in [6, 6.07) is 4.95. The second kappa shape index (κ2) is 8.78. The lowest BCUT2D eigenvalue weighted by Crippen LogP contribution is -2.52. The van der Waals surface area contributed by atoms with Crippen LogP contribution in [0.25, 0.3) is 0 Å². The fourth-order valence-corrected chi connectivity index (χ4v) is 3.66. The maximum Gasteiger partial charge on any atom is 0.339 e. The zero-order chi connectivity index (χ0) is 22.9. The number of halogens is 2. The molecule has 2 aromatic heterocycles. The van der Waals surface area contributed by atoms with E-state index in [2.05, 4.69) is 15.3 Å². The van der Waals surface area contributed by atoms with E-state index in [-0.39, 0.29) is 30.6 Å². The highest BCUT2D eigenvalue weighted by Gasteiger charge is 2.46. The number of aromatic nitrogens is 2. The van der Waals surface area contributed by atoms with Crippen molar-refractivity contribution in [3.63, 3.8) is 0 Å². The maximum absolute atomic E-state index is 14.6. The molecule has 1 aliphatic heterocycles. The maximum atomic E-state index is 14.6. The first-order chi connectivity index (χ1) is 15.2. The highest BCUT2D eigenvalue weighted by molar-refractivity contribution is 5.94. The lowest BCUT2D eigenvalue weighted by molar-refractivity contribution is -0.125. The predicted octanol–water partition coefficient (Wildman–Crippen LogP) is 2.54. The molecule has 170 valence electrons. The first-order valence-electron chi connectivity index (χ1n) is 10.5. The second-order valence-corrected chi connectivity index (χ2v) is 8.25. The van der Waals surface area contributed by atoms with Gasteiger partial charge in [0.25, 0.3) is 5.92 Å². The van der Waals surface area contributed by atoms with E-state index in [1.807, 2.05) is 0 Å². The summed E-state index contributed by atoms with van der Waals surface area (Å²) in [7, 11) is 0. The standard InChI is InChI=1S/C22H24F2N4O4/c1-13(20(30)27-18-6-2-15(11-25-18)21(31)32-16-4-5-16)28-9-8-22(23,24)17(12-28)14-3-7-19(29)26-10-14/h2-3,6-7,10-11,13,16-17H,4-5,8-9,12H2,1H3,(H,26,29)(H,25,27,30)/t13?,17-/m1/s1. The Morgan fingerprint density at radius 1 is 1.28 bits per heavy atom. The van der Waals surface area contributed by atoms with Crippen molar-refractivity contribution < 1.29 is 23.1 Å². The number of pyridine rings is 2. The van der Waals surface area contributed by atoms with Gasteiger partial charge in [-0.2, -0.15) is 0 Å². The lowest BCUT2D eigenvalue weighted by Gasteiger charge is -2.40. The minimum atomic E-state index is -2.95. The molecule has 4 rings (SSSR count). The number of nitrogens with zero attached hydrogens (tertiary/aromatic N) is 2. The molecule has 0 aromatic carbocycles. The summed E-state index contributed by atoms with van der Waals surface area (Å²) in [4.78, 5) is 44.1. The number of esters is 1. The third-order valence-electron chi connectivity index (χ3n) is 5.85. The van der Waals surface area contributed by atoms with Gasteiger partial charge in [-0.3, -0.25) is 14.5 Å². The number of nitrogens with one attached hydrogen (secondary N) is 2. The highest BCUT2D eigenvalue weighted by atomic mass is 19.3. The fourth-order valence-electron chi connectivity index (χ4n) is 3.66. The molecule has 1 saturated heterocycles. The summed E-state index contributed by atoms with van der Waals surface area (Å²) in [6.45, 7) is 1.66. The van der Waals surface area contributed by atoms with E-state index in [4.69, 9.17) is 4.74 Å². The van der Waals surface area contributed by atoms with Gasteiger partial charge >= 0.3 is 5.97 Å². The molecule has 0 radical (unpaired) electrons. The van der Waals surface area contributed by atoms with Crippen LogP contribution in [0.15, 0.2) is 41.5 Å². The Kier molecular flexibility index (Phi) is 6.05. The molecular formula is C22H24F2N4O4. The molecule has 2 aliphatic rings. The lowest BCUT2D eigenvalue weighted by atomic mass is 9.87. The molecule has 1 unspecified atom stereocenters. The van der Waals surface area contributed by atoms with E-state index >= 15 is 0 Å². The molecular weight excluding hydrogens is 422 g/mol. The number of hydrogen-bond acceptors (Lipinski definition) is 6. The van der Waals surface area contributed by atoms with Gasteiger partial charge in [0.05, 0.1) is 17.5 Å². The summed E-state index contributed by atoms with van der Waals surface area (Å²) in [5.41, 5.74) is 0.254. The van der Waals surface area contributed by atoms with Crippen LogP contribution in [0.4, 0.5) is 14.6 Å². The van der Waals surface area contributed by atoms with Crippen molar-refractivity contribution in [2.45, 2.75) is 50.2 Å². The fraction of sp³-hybridized carbons (Fsp3) is 0.455. The van der Waals surface area contributed by atoms with Crippen molar-refractivity contribution in [2.24, 2.45) is 0 Å². The van der Waals surface area contributed by atoms with Crippen LogP contribution >= 0.6 is 0 Å². The number of ether oxygens (including phenoxy) is 1. The van der Waals surface area contributed by atoms with Crippen molar-refractivity contribution in [1.29, 1.82) is 0 Å². The number of piperidine rings is 1. The SMILES string of the molecule is CC(C(=O)Nc1ccc(C(=O)OC2CC2)cn1)N1CCC(F)(F)[C@@H](c2ccc(=O)[nH]c2)C1. The van der Waals surface area contributed by atoms with Crippen molar-refractivity contribution >= 4 is 17.7 Å². The molecule has 2 fully saturated rings. The molecule has 2 atom stereocenters. The van der Waals surface area contributed by atoms with E-state index in [1.54, 1.807) is 11.8 Å². The van der Waals surface area contributed by atoms with Crippen LogP contribution < -0.4 is 10.9 Å². The summed E-state index contributed by atoms with van der Waals surface area (Å²) in [5, 5.41) is 2.66. The molecule has 2 N–H and O–H groups in total. The van der Waals surface area contributed by atoms with Gasteiger partial charge in [-0.05, 0) is 37.5 Å².